The average molecular weight is 326 g/mol. The van der Waals surface area contributed by atoms with Gasteiger partial charge in [-0.05, 0) is 26.7 Å². The van der Waals surface area contributed by atoms with Crippen LogP contribution < -0.4 is 5.32 Å². The first-order valence-electron chi connectivity index (χ1n) is 8.01. The Morgan fingerprint density at radius 1 is 1.36 bits per heavy atom. The molecule has 1 heterocycles. The molecule has 0 aromatic carbocycles. The molecular formula is C16H26N2O3S. The Morgan fingerprint density at radius 3 is 2.82 bits per heavy atom. The van der Waals surface area contributed by atoms with E-state index in [4.69, 9.17) is 4.52 Å². The second-order valence-electron chi connectivity index (χ2n) is 6.05. The number of amides is 1. The number of carbonyl (C=O) groups excluding carboxylic acids is 1. The highest BCUT2D eigenvalue weighted by Gasteiger charge is 2.24. The maximum atomic E-state index is 12.1. The van der Waals surface area contributed by atoms with Crippen molar-refractivity contribution >= 4 is 17.7 Å². The molecule has 1 amide bonds. The van der Waals surface area contributed by atoms with Gasteiger partial charge in [0.1, 0.15) is 5.76 Å². The van der Waals surface area contributed by atoms with Gasteiger partial charge in [-0.25, -0.2) is 0 Å². The molecule has 1 aromatic rings. The SMILES string of the molecule is Cc1noc(C)c1CSCC(=O)NC1CCCCCC1CO. The lowest BCUT2D eigenvalue weighted by Crippen LogP contribution is -2.42. The number of aromatic nitrogens is 1. The van der Waals surface area contributed by atoms with Crippen molar-refractivity contribution in [2.75, 3.05) is 12.4 Å². The van der Waals surface area contributed by atoms with Gasteiger partial charge in [0.05, 0.1) is 11.4 Å². The minimum absolute atomic E-state index is 0.0575. The van der Waals surface area contributed by atoms with E-state index in [0.29, 0.717) is 5.75 Å². The lowest BCUT2D eigenvalue weighted by Gasteiger charge is -2.24. The first kappa shape index (κ1) is 17.3. The normalized spacial score (nSPS) is 22.3. The molecule has 2 N–H and O–H groups in total. The molecular weight excluding hydrogens is 300 g/mol. The van der Waals surface area contributed by atoms with Crippen LogP contribution in [0.2, 0.25) is 0 Å². The number of thioether (sulfide) groups is 1. The number of nitrogens with zero attached hydrogens (tertiary/aromatic N) is 1. The van der Waals surface area contributed by atoms with Crippen molar-refractivity contribution in [3.05, 3.63) is 17.0 Å². The zero-order valence-corrected chi connectivity index (χ0v) is 14.2. The van der Waals surface area contributed by atoms with Crippen LogP contribution in [0.1, 0.15) is 49.1 Å². The number of carbonyl (C=O) groups is 1. The Bertz CT molecular complexity index is 470. The highest BCUT2D eigenvalue weighted by Crippen LogP contribution is 2.24. The van der Waals surface area contributed by atoms with E-state index in [1.54, 1.807) is 11.8 Å². The maximum Gasteiger partial charge on any atom is 0.230 e. The molecule has 1 aromatic heterocycles. The molecule has 0 spiro atoms. The highest BCUT2D eigenvalue weighted by molar-refractivity contribution is 7.99. The van der Waals surface area contributed by atoms with Gasteiger partial charge in [-0.15, -0.1) is 11.8 Å². The quantitative estimate of drug-likeness (QED) is 0.786. The van der Waals surface area contributed by atoms with Crippen molar-refractivity contribution in [1.82, 2.24) is 10.5 Å². The summed E-state index contributed by atoms with van der Waals surface area (Å²) in [6, 6.07) is 0.125. The number of aliphatic hydroxyl groups is 1. The minimum atomic E-state index is 0.0575. The smallest absolute Gasteiger partial charge is 0.230 e. The van der Waals surface area contributed by atoms with Crippen molar-refractivity contribution in [2.24, 2.45) is 5.92 Å². The lowest BCUT2D eigenvalue weighted by molar-refractivity contribution is -0.119. The van der Waals surface area contributed by atoms with E-state index in [-0.39, 0.29) is 24.5 Å². The van der Waals surface area contributed by atoms with Crippen LogP contribution in [0.25, 0.3) is 0 Å². The van der Waals surface area contributed by atoms with E-state index in [1.807, 2.05) is 13.8 Å². The molecule has 0 radical (unpaired) electrons. The van der Waals surface area contributed by atoms with Crippen LogP contribution in [0, 0.1) is 19.8 Å². The number of aliphatic hydroxyl groups excluding tert-OH is 1. The molecule has 1 aliphatic rings. The van der Waals surface area contributed by atoms with Gasteiger partial charge in [-0.2, -0.15) is 0 Å². The van der Waals surface area contributed by atoms with Crippen molar-refractivity contribution in [3.63, 3.8) is 0 Å². The van der Waals surface area contributed by atoms with Crippen molar-refractivity contribution < 1.29 is 14.4 Å². The highest BCUT2D eigenvalue weighted by atomic mass is 32.2. The van der Waals surface area contributed by atoms with E-state index < -0.39 is 0 Å². The number of rotatable bonds is 6. The van der Waals surface area contributed by atoms with Crippen LogP contribution in [0.4, 0.5) is 0 Å². The molecule has 0 bridgehead atoms. The van der Waals surface area contributed by atoms with Crippen molar-refractivity contribution in [1.29, 1.82) is 0 Å². The number of hydrogen-bond acceptors (Lipinski definition) is 5. The monoisotopic (exact) mass is 326 g/mol. The molecule has 22 heavy (non-hydrogen) atoms. The fraction of sp³-hybridized carbons (Fsp3) is 0.750. The van der Waals surface area contributed by atoms with Gasteiger partial charge in [0.25, 0.3) is 0 Å². The topological polar surface area (TPSA) is 75.4 Å². The molecule has 1 saturated carbocycles. The summed E-state index contributed by atoms with van der Waals surface area (Å²) >= 11 is 1.58. The lowest BCUT2D eigenvalue weighted by atomic mass is 9.96. The summed E-state index contributed by atoms with van der Waals surface area (Å²) < 4.78 is 5.13. The van der Waals surface area contributed by atoms with Crippen LogP contribution in [0.3, 0.4) is 0 Å². The van der Waals surface area contributed by atoms with Crippen molar-refractivity contribution in [2.45, 2.75) is 57.7 Å². The molecule has 1 aliphatic carbocycles. The summed E-state index contributed by atoms with van der Waals surface area (Å²) in [5, 5.41) is 16.5. The number of hydrogen-bond donors (Lipinski definition) is 2. The summed E-state index contributed by atoms with van der Waals surface area (Å²) in [6.45, 7) is 3.98. The largest absolute Gasteiger partial charge is 0.396 e. The Labute approximate surface area is 136 Å². The molecule has 0 aliphatic heterocycles. The minimum Gasteiger partial charge on any atom is -0.396 e. The predicted molar refractivity (Wildman–Crippen MR) is 87.7 cm³/mol. The van der Waals surface area contributed by atoms with Gasteiger partial charge >= 0.3 is 0 Å². The third-order valence-electron chi connectivity index (χ3n) is 4.40. The molecule has 2 rings (SSSR count). The van der Waals surface area contributed by atoms with E-state index in [1.165, 1.54) is 6.42 Å². The summed E-state index contributed by atoms with van der Waals surface area (Å²) in [5.74, 6) is 2.26. The van der Waals surface area contributed by atoms with Crippen molar-refractivity contribution in [3.8, 4) is 0 Å². The van der Waals surface area contributed by atoms with E-state index in [9.17, 15) is 9.90 Å². The second kappa shape index (κ2) is 8.58. The first-order chi connectivity index (χ1) is 10.6. The van der Waals surface area contributed by atoms with Crippen LogP contribution >= 0.6 is 11.8 Å². The molecule has 6 heteroatoms. The zero-order chi connectivity index (χ0) is 15.9. The number of nitrogens with one attached hydrogen (secondary N) is 1. The van der Waals surface area contributed by atoms with E-state index in [2.05, 4.69) is 10.5 Å². The third kappa shape index (κ3) is 4.74. The van der Waals surface area contributed by atoms with Gasteiger partial charge in [-0.1, -0.05) is 24.4 Å². The number of aryl methyl sites for hydroxylation is 2. The first-order valence-corrected chi connectivity index (χ1v) is 9.17. The summed E-state index contributed by atoms with van der Waals surface area (Å²) in [7, 11) is 0. The maximum absolute atomic E-state index is 12.1. The van der Waals surface area contributed by atoms with Crippen LogP contribution in [0.5, 0.6) is 0 Å². The summed E-state index contributed by atoms with van der Waals surface area (Å²) in [4.78, 5) is 12.1. The molecule has 2 atom stereocenters. The molecule has 124 valence electrons. The zero-order valence-electron chi connectivity index (χ0n) is 13.4. The van der Waals surface area contributed by atoms with Gasteiger partial charge in [0.15, 0.2) is 0 Å². The summed E-state index contributed by atoms with van der Waals surface area (Å²) in [6.07, 6.45) is 5.47. The Morgan fingerprint density at radius 2 is 2.14 bits per heavy atom. The van der Waals surface area contributed by atoms with Crippen LogP contribution in [-0.4, -0.2) is 34.6 Å². The van der Waals surface area contributed by atoms with Crippen LogP contribution in [-0.2, 0) is 10.5 Å². The van der Waals surface area contributed by atoms with Gasteiger partial charge in [0, 0.05) is 29.9 Å². The predicted octanol–water partition coefficient (Wildman–Crippen LogP) is 2.58. The molecule has 0 saturated heterocycles. The molecule has 5 nitrogen and oxygen atoms in total. The Kier molecular flexibility index (Phi) is 6.76. The fourth-order valence-corrected chi connectivity index (χ4v) is 3.98. The summed E-state index contributed by atoms with van der Waals surface area (Å²) in [5.41, 5.74) is 1.98. The standard InChI is InChI=1S/C16H26N2O3S/c1-11-14(12(2)21-18-11)9-22-10-16(20)17-15-7-5-3-4-6-13(15)8-19/h13,15,19H,3-10H2,1-2H3,(H,17,20). The van der Waals surface area contributed by atoms with E-state index >= 15 is 0 Å². The third-order valence-corrected chi connectivity index (χ3v) is 5.36. The van der Waals surface area contributed by atoms with Gasteiger partial charge < -0.3 is 14.9 Å². The van der Waals surface area contributed by atoms with Crippen LogP contribution in [0.15, 0.2) is 4.52 Å². The Hall–Kier alpha value is -1.01. The van der Waals surface area contributed by atoms with E-state index in [0.717, 1.165) is 48.5 Å². The average Bonchev–Trinajstić information content (AvgIpc) is 2.70. The molecule has 2 unspecified atom stereocenters. The second-order valence-corrected chi connectivity index (χ2v) is 7.04. The van der Waals surface area contributed by atoms with Gasteiger partial charge in [-0.3, -0.25) is 4.79 Å². The fourth-order valence-electron chi connectivity index (χ4n) is 3.00. The van der Waals surface area contributed by atoms with Gasteiger partial charge in [0.2, 0.25) is 5.91 Å². The Balaban J connectivity index is 1.77. The molecule has 1 fully saturated rings.